The average Bonchev–Trinajstić information content (AvgIpc) is 3.31. The van der Waals surface area contributed by atoms with E-state index < -0.39 is 84.8 Å². The zero-order valence-corrected chi connectivity index (χ0v) is 24.5. The van der Waals surface area contributed by atoms with Crippen molar-refractivity contribution in [3.8, 4) is 0 Å². The minimum atomic E-state index is -3.16. The van der Waals surface area contributed by atoms with Gasteiger partial charge in [0.2, 0.25) is 5.79 Å². The number of ketones is 1. The number of rotatable bonds is 10. The molecule has 8 N–H and O–H groups in total. The van der Waals surface area contributed by atoms with Gasteiger partial charge in [-0.25, -0.2) is 0 Å². The molecular formula is C33H38O12. The van der Waals surface area contributed by atoms with Crippen LogP contribution in [0.1, 0.15) is 23.6 Å². The number of aliphatic hydroxyl groups excluding tert-OH is 7. The summed E-state index contributed by atoms with van der Waals surface area (Å²) < 4.78 is 17.9. The van der Waals surface area contributed by atoms with E-state index in [1.807, 2.05) is 0 Å². The van der Waals surface area contributed by atoms with Crippen LogP contribution in [0.4, 0.5) is 0 Å². The van der Waals surface area contributed by atoms with Crippen molar-refractivity contribution in [1.29, 1.82) is 0 Å². The molecular weight excluding hydrogens is 588 g/mol. The first-order chi connectivity index (χ1) is 21.5. The smallest absolute Gasteiger partial charge is 0.265 e. The zero-order chi connectivity index (χ0) is 32.6. The maximum Gasteiger partial charge on any atom is 0.265 e. The third-order valence-electron chi connectivity index (χ3n) is 9.01. The Bertz CT molecular complexity index is 1350. The second-order valence-corrected chi connectivity index (χ2v) is 11.4. The predicted molar refractivity (Wildman–Crippen MR) is 156 cm³/mol. The van der Waals surface area contributed by atoms with Crippen molar-refractivity contribution in [3.63, 3.8) is 0 Å². The van der Waals surface area contributed by atoms with Gasteiger partial charge in [0.1, 0.15) is 43.2 Å². The molecule has 12 nitrogen and oxygen atoms in total. The Hall–Kier alpha value is -3.11. The minimum absolute atomic E-state index is 0.302. The fourth-order valence-corrected chi connectivity index (χ4v) is 6.88. The van der Waals surface area contributed by atoms with Gasteiger partial charge in [-0.3, -0.25) is 4.79 Å². The maximum atomic E-state index is 14.2. The van der Waals surface area contributed by atoms with E-state index in [1.165, 1.54) is 0 Å². The summed E-state index contributed by atoms with van der Waals surface area (Å²) >= 11 is 0. The summed E-state index contributed by atoms with van der Waals surface area (Å²) in [6.07, 6.45) is -11.5. The van der Waals surface area contributed by atoms with Gasteiger partial charge in [-0.15, -0.1) is 0 Å². The Morgan fingerprint density at radius 2 is 1.11 bits per heavy atom. The fraction of sp³-hybridized carbons (Fsp3) is 0.424. The van der Waals surface area contributed by atoms with Crippen LogP contribution >= 0.6 is 0 Å². The standard InChI is InChI=1S/C33H38O12/c1-20(37)33(45-30(19-36)28(40)26(38)24(17-34)43-30)32(42,29(41)27(39)25(18-35)44-33)31(21-11-5-2-6-12-21,22-13-7-3-8-14-22)23-15-9-4-10-16-23/h2-16,24-29,34-36,38-42H,17-19H2,1H3/t24-,25-,26-,27-,28+,29+,30?,32+,33+/m1/s1. The summed E-state index contributed by atoms with van der Waals surface area (Å²) in [5.74, 6) is -6.99. The molecule has 0 aromatic heterocycles. The fourth-order valence-electron chi connectivity index (χ4n) is 6.88. The van der Waals surface area contributed by atoms with Crippen LogP contribution in [0.5, 0.6) is 0 Å². The topological polar surface area (TPSA) is 207 Å². The molecule has 5 rings (SSSR count). The molecule has 9 atom stereocenters. The molecule has 2 saturated heterocycles. The van der Waals surface area contributed by atoms with Crippen LogP contribution in [0.25, 0.3) is 0 Å². The van der Waals surface area contributed by atoms with Crippen molar-refractivity contribution < 1.29 is 59.9 Å². The highest BCUT2D eigenvalue weighted by atomic mass is 16.8. The quantitative estimate of drug-likeness (QED) is 0.127. The molecule has 0 amide bonds. The largest absolute Gasteiger partial charge is 0.394 e. The number of aliphatic hydroxyl groups is 8. The maximum absolute atomic E-state index is 14.2. The van der Waals surface area contributed by atoms with E-state index in [2.05, 4.69) is 0 Å². The zero-order valence-electron chi connectivity index (χ0n) is 24.5. The number of carbonyl (C=O) groups excluding carboxylic acids is 1. The second kappa shape index (κ2) is 12.6. The van der Waals surface area contributed by atoms with Gasteiger partial charge >= 0.3 is 0 Å². The van der Waals surface area contributed by atoms with Crippen LogP contribution in [0.2, 0.25) is 0 Å². The number of Topliss-reactive ketones (excluding diaryl/α,β-unsaturated/α-hetero) is 1. The normalized spacial score (nSPS) is 35.3. The average molecular weight is 627 g/mol. The first-order valence-corrected chi connectivity index (χ1v) is 14.5. The van der Waals surface area contributed by atoms with Gasteiger partial charge in [-0.2, -0.15) is 0 Å². The number of ether oxygens (including phenoxy) is 3. The van der Waals surface area contributed by atoms with Crippen molar-refractivity contribution in [3.05, 3.63) is 108 Å². The highest BCUT2D eigenvalue weighted by Crippen LogP contribution is 2.58. The number of hydrogen-bond donors (Lipinski definition) is 8. The molecule has 0 bridgehead atoms. The van der Waals surface area contributed by atoms with Gasteiger partial charge in [-0.1, -0.05) is 91.0 Å². The Kier molecular flexibility index (Phi) is 9.30. The molecule has 2 heterocycles. The molecule has 3 aromatic carbocycles. The van der Waals surface area contributed by atoms with Gasteiger partial charge in [0, 0.05) is 6.92 Å². The van der Waals surface area contributed by atoms with Gasteiger partial charge in [0.15, 0.2) is 11.4 Å². The van der Waals surface area contributed by atoms with E-state index >= 15 is 0 Å². The monoisotopic (exact) mass is 626 g/mol. The Morgan fingerprint density at radius 1 is 0.711 bits per heavy atom. The molecule has 45 heavy (non-hydrogen) atoms. The molecule has 2 fully saturated rings. The first kappa shape index (κ1) is 33.3. The molecule has 2 aliphatic rings. The van der Waals surface area contributed by atoms with Crippen LogP contribution in [0.15, 0.2) is 91.0 Å². The SMILES string of the molecule is CC(=O)[C@@]1(OC2(CO)O[C@H](CO)[C@@H](O)[C@@H]2O)O[C@H](CO)[C@@H](O)[C@H](O)[C@]1(O)C(c1ccccc1)(c1ccccc1)c1ccccc1. The lowest BCUT2D eigenvalue weighted by Gasteiger charge is -2.62. The van der Waals surface area contributed by atoms with Crippen molar-refractivity contribution in [2.45, 2.75) is 66.1 Å². The highest BCUT2D eigenvalue weighted by molar-refractivity contribution is 5.87. The van der Waals surface area contributed by atoms with Crippen LogP contribution < -0.4 is 0 Å². The first-order valence-electron chi connectivity index (χ1n) is 14.5. The molecule has 0 aliphatic carbocycles. The van der Waals surface area contributed by atoms with Gasteiger partial charge in [0.25, 0.3) is 5.79 Å². The van der Waals surface area contributed by atoms with Crippen LogP contribution in [-0.2, 0) is 24.4 Å². The summed E-state index contributed by atoms with van der Waals surface area (Å²) in [5.41, 5.74) is -4.24. The summed E-state index contributed by atoms with van der Waals surface area (Å²) in [4.78, 5) is 14.2. The molecule has 0 radical (unpaired) electrons. The van der Waals surface area contributed by atoms with Crippen molar-refractivity contribution in [2.75, 3.05) is 19.8 Å². The lowest BCUT2D eigenvalue weighted by molar-refractivity contribution is -0.446. The van der Waals surface area contributed by atoms with Crippen molar-refractivity contribution in [1.82, 2.24) is 0 Å². The van der Waals surface area contributed by atoms with E-state index in [-0.39, 0.29) is 0 Å². The molecule has 12 heteroatoms. The molecule has 2 aliphatic heterocycles. The molecule has 0 spiro atoms. The van der Waals surface area contributed by atoms with Crippen LogP contribution in [-0.4, -0.2) is 120 Å². The van der Waals surface area contributed by atoms with E-state index in [4.69, 9.17) is 14.2 Å². The molecule has 242 valence electrons. The molecule has 3 aromatic rings. The van der Waals surface area contributed by atoms with Gasteiger partial charge in [0.05, 0.1) is 18.6 Å². The second-order valence-electron chi connectivity index (χ2n) is 11.4. The number of benzene rings is 3. The summed E-state index contributed by atoms with van der Waals surface area (Å²) in [6, 6.07) is 24.9. The Morgan fingerprint density at radius 3 is 1.47 bits per heavy atom. The molecule has 0 saturated carbocycles. The van der Waals surface area contributed by atoms with E-state index in [0.717, 1.165) is 6.92 Å². The third-order valence-corrected chi connectivity index (χ3v) is 9.01. The minimum Gasteiger partial charge on any atom is -0.394 e. The lowest BCUT2D eigenvalue weighted by atomic mass is 9.52. The summed E-state index contributed by atoms with van der Waals surface area (Å²) in [6.45, 7) is -2.06. The molecule has 1 unspecified atom stereocenters. The lowest BCUT2D eigenvalue weighted by Crippen LogP contribution is -2.84. The van der Waals surface area contributed by atoms with E-state index in [1.54, 1.807) is 91.0 Å². The van der Waals surface area contributed by atoms with Crippen LogP contribution in [0, 0.1) is 0 Å². The van der Waals surface area contributed by atoms with E-state index in [9.17, 15) is 45.6 Å². The number of hydrogen-bond acceptors (Lipinski definition) is 12. The Balaban J connectivity index is 1.94. The van der Waals surface area contributed by atoms with Crippen molar-refractivity contribution >= 4 is 5.78 Å². The van der Waals surface area contributed by atoms with Gasteiger partial charge < -0.3 is 55.1 Å². The number of carbonyl (C=O) groups is 1. The predicted octanol–water partition coefficient (Wildman–Crippen LogP) is -1.03. The highest BCUT2D eigenvalue weighted by Gasteiger charge is 2.78. The summed E-state index contributed by atoms with van der Waals surface area (Å²) in [7, 11) is 0. The third kappa shape index (κ3) is 4.77. The summed E-state index contributed by atoms with van der Waals surface area (Å²) in [5, 5.41) is 89.5. The van der Waals surface area contributed by atoms with Crippen molar-refractivity contribution in [2.24, 2.45) is 0 Å². The van der Waals surface area contributed by atoms with E-state index in [0.29, 0.717) is 16.7 Å². The Labute approximate surface area is 259 Å². The van der Waals surface area contributed by atoms with Crippen LogP contribution in [0.3, 0.4) is 0 Å². The van der Waals surface area contributed by atoms with Gasteiger partial charge in [-0.05, 0) is 16.7 Å².